The van der Waals surface area contributed by atoms with Crippen molar-refractivity contribution < 1.29 is 12.8 Å². The Morgan fingerprint density at radius 2 is 1.86 bits per heavy atom. The Hall–Kier alpha value is -1.40. The van der Waals surface area contributed by atoms with Gasteiger partial charge in [-0.25, -0.2) is 12.8 Å². The number of nitrogens with zero attached hydrogens (tertiary/aromatic N) is 1. The highest BCUT2D eigenvalue weighted by atomic mass is 79.9. The largest absolute Gasteiger partial charge is 0.264 e. The van der Waals surface area contributed by atoms with Crippen molar-refractivity contribution >= 4 is 31.6 Å². The molecule has 0 aliphatic carbocycles. The fourth-order valence-corrected chi connectivity index (χ4v) is 4.76. The molecule has 0 aromatic heterocycles. The van der Waals surface area contributed by atoms with E-state index in [2.05, 4.69) is 15.9 Å². The molecule has 0 saturated carbocycles. The van der Waals surface area contributed by atoms with Gasteiger partial charge in [-0.15, -0.1) is 0 Å². The summed E-state index contributed by atoms with van der Waals surface area (Å²) < 4.78 is 40.9. The fraction of sp³-hybridized carbons (Fsp3) is 0.200. The van der Waals surface area contributed by atoms with Crippen molar-refractivity contribution in [2.45, 2.75) is 24.3 Å². The average molecular weight is 370 g/mol. The topological polar surface area (TPSA) is 37.4 Å². The Morgan fingerprint density at radius 3 is 2.52 bits per heavy atom. The highest BCUT2D eigenvalue weighted by Crippen LogP contribution is 2.37. The van der Waals surface area contributed by atoms with Crippen LogP contribution < -0.4 is 4.31 Å². The summed E-state index contributed by atoms with van der Waals surface area (Å²) in [7, 11) is -3.68. The number of rotatable bonds is 2. The lowest BCUT2D eigenvalue weighted by Gasteiger charge is -2.24. The molecule has 0 saturated heterocycles. The predicted octanol–water partition coefficient (Wildman–Crippen LogP) is 3.73. The molecular weight excluding hydrogens is 357 g/mol. The quantitative estimate of drug-likeness (QED) is 0.808. The van der Waals surface area contributed by atoms with Crippen molar-refractivity contribution in [3.63, 3.8) is 0 Å². The van der Waals surface area contributed by atoms with Crippen LogP contribution in [0.25, 0.3) is 0 Å². The van der Waals surface area contributed by atoms with E-state index in [0.717, 1.165) is 22.2 Å². The minimum absolute atomic E-state index is 0.103. The van der Waals surface area contributed by atoms with Crippen LogP contribution in [-0.2, 0) is 16.4 Å². The van der Waals surface area contributed by atoms with Crippen molar-refractivity contribution in [1.82, 2.24) is 0 Å². The third kappa shape index (κ3) is 2.46. The molecule has 3 nitrogen and oxygen atoms in total. The summed E-state index contributed by atoms with van der Waals surface area (Å²) in [6.45, 7) is 1.87. The second-order valence-electron chi connectivity index (χ2n) is 5.08. The summed E-state index contributed by atoms with van der Waals surface area (Å²) in [6.07, 6.45) is 0.662. The van der Waals surface area contributed by atoms with Crippen LogP contribution in [0.5, 0.6) is 0 Å². The first-order valence-electron chi connectivity index (χ1n) is 6.48. The Bertz CT molecular complexity index is 790. The van der Waals surface area contributed by atoms with Crippen LogP contribution in [0, 0.1) is 5.82 Å². The lowest BCUT2D eigenvalue weighted by molar-refractivity contribution is 0.583. The van der Waals surface area contributed by atoms with Gasteiger partial charge in [-0.05, 0) is 61.4 Å². The summed E-state index contributed by atoms with van der Waals surface area (Å²) in [6, 6.07) is 10.3. The Morgan fingerprint density at radius 1 is 1.19 bits per heavy atom. The molecule has 1 aliphatic heterocycles. The lowest BCUT2D eigenvalue weighted by Crippen LogP contribution is -2.35. The number of hydrogen-bond acceptors (Lipinski definition) is 2. The number of anilines is 1. The maximum absolute atomic E-state index is 13.0. The molecule has 1 atom stereocenters. The van der Waals surface area contributed by atoms with Crippen molar-refractivity contribution in [2.24, 2.45) is 0 Å². The van der Waals surface area contributed by atoms with Crippen LogP contribution >= 0.6 is 15.9 Å². The number of sulfonamides is 1. The minimum atomic E-state index is -3.68. The molecule has 0 spiro atoms. The van der Waals surface area contributed by atoms with E-state index in [9.17, 15) is 12.8 Å². The molecule has 21 heavy (non-hydrogen) atoms. The number of benzene rings is 2. The van der Waals surface area contributed by atoms with Gasteiger partial charge in [0, 0.05) is 10.5 Å². The molecule has 0 unspecified atom stereocenters. The molecule has 2 aromatic rings. The molecule has 1 heterocycles. The molecule has 0 N–H and O–H groups in total. The van der Waals surface area contributed by atoms with Gasteiger partial charge in [0.05, 0.1) is 10.6 Å². The van der Waals surface area contributed by atoms with E-state index in [1.807, 2.05) is 19.1 Å². The monoisotopic (exact) mass is 369 g/mol. The van der Waals surface area contributed by atoms with E-state index < -0.39 is 15.8 Å². The van der Waals surface area contributed by atoms with Crippen LogP contribution in [0.1, 0.15) is 12.5 Å². The van der Waals surface area contributed by atoms with E-state index in [0.29, 0.717) is 12.1 Å². The molecule has 3 rings (SSSR count). The summed E-state index contributed by atoms with van der Waals surface area (Å²) in [5.74, 6) is -0.451. The molecular formula is C15H13BrFNO2S. The summed E-state index contributed by atoms with van der Waals surface area (Å²) in [5.41, 5.74) is 1.68. The van der Waals surface area contributed by atoms with Gasteiger partial charge in [-0.3, -0.25) is 4.31 Å². The zero-order valence-corrected chi connectivity index (χ0v) is 13.7. The van der Waals surface area contributed by atoms with Gasteiger partial charge in [0.25, 0.3) is 10.0 Å². The third-order valence-corrected chi connectivity index (χ3v) is 6.00. The standard InChI is InChI=1S/C15H13BrFNO2S/c1-10-8-11-9-12(16)2-7-15(11)18(10)21(19,20)14-5-3-13(17)4-6-14/h2-7,9-10H,8H2,1H3/t10-/m1/s1. The molecule has 0 bridgehead atoms. The number of halogens is 2. The van der Waals surface area contributed by atoms with E-state index in [1.165, 1.54) is 16.4 Å². The van der Waals surface area contributed by atoms with Crippen molar-refractivity contribution in [2.75, 3.05) is 4.31 Å². The number of fused-ring (bicyclic) bond motifs is 1. The Balaban J connectivity index is 2.10. The second kappa shape index (κ2) is 5.10. The maximum Gasteiger partial charge on any atom is 0.264 e. The van der Waals surface area contributed by atoms with E-state index in [1.54, 1.807) is 6.07 Å². The molecule has 0 fully saturated rings. The minimum Gasteiger partial charge on any atom is -0.263 e. The van der Waals surface area contributed by atoms with Crippen molar-refractivity contribution in [3.8, 4) is 0 Å². The predicted molar refractivity (Wildman–Crippen MR) is 83.4 cm³/mol. The first-order chi connectivity index (χ1) is 9.89. The highest BCUT2D eigenvalue weighted by molar-refractivity contribution is 9.10. The maximum atomic E-state index is 13.0. The highest BCUT2D eigenvalue weighted by Gasteiger charge is 2.36. The van der Waals surface area contributed by atoms with Gasteiger partial charge >= 0.3 is 0 Å². The van der Waals surface area contributed by atoms with Gasteiger partial charge in [-0.2, -0.15) is 0 Å². The molecule has 0 amide bonds. The molecule has 6 heteroatoms. The third-order valence-electron chi connectivity index (χ3n) is 3.57. The van der Waals surface area contributed by atoms with E-state index in [4.69, 9.17) is 0 Å². The normalized spacial score (nSPS) is 17.9. The van der Waals surface area contributed by atoms with Gasteiger partial charge in [0.1, 0.15) is 5.82 Å². The SMILES string of the molecule is C[C@@H]1Cc2cc(Br)ccc2N1S(=O)(=O)c1ccc(F)cc1. The Labute approximate surface area is 131 Å². The zero-order chi connectivity index (χ0) is 15.2. The molecule has 1 aliphatic rings. The van der Waals surface area contributed by atoms with Crippen molar-refractivity contribution in [3.05, 3.63) is 58.3 Å². The van der Waals surface area contributed by atoms with Gasteiger partial charge in [0.2, 0.25) is 0 Å². The Kier molecular flexibility index (Phi) is 3.53. The van der Waals surface area contributed by atoms with Gasteiger partial charge in [0.15, 0.2) is 0 Å². The van der Waals surface area contributed by atoms with Crippen LogP contribution in [0.4, 0.5) is 10.1 Å². The zero-order valence-electron chi connectivity index (χ0n) is 11.3. The fourth-order valence-electron chi connectivity index (χ4n) is 2.66. The van der Waals surface area contributed by atoms with Gasteiger partial charge in [-0.1, -0.05) is 15.9 Å². The summed E-state index contributed by atoms with van der Waals surface area (Å²) in [5, 5.41) is 0. The van der Waals surface area contributed by atoms with Crippen LogP contribution in [-0.4, -0.2) is 14.5 Å². The van der Waals surface area contributed by atoms with E-state index in [-0.39, 0.29) is 10.9 Å². The van der Waals surface area contributed by atoms with Gasteiger partial charge < -0.3 is 0 Å². The first-order valence-corrected chi connectivity index (χ1v) is 8.71. The molecule has 2 aromatic carbocycles. The second-order valence-corrected chi connectivity index (χ2v) is 7.81. The van der Waals surface area contributed by atoms with Crippen molar-refractivity contribution in [1.29, 1.82) is 0 Å². The van der Waals surface area contributed by atoms with Crippen LogP contribution in [0.2, 0.25) is 0 Å². The molecule has 0 radical (unpaired) electrons. The molecule has 110 valence electrons. The summed E-state index contributed by atoms with van der Waals surface area (Å²) in [4.78, 5) is 0.103. The van der Waals surface area contributed by atoms with Crippen LogP contribution in [0.3, 0.4) is 0 Å². The lowest BCUT2D eigenvalue weighted by atomic mass is 10.1. The van der Waals surface area contributed by atoms with Crippen LogP contribution in [0.15, 0.2) is 51.8 Å². The van der Waals surface area contributed by atoms with E-state index >= 15 is 0 Å². The summed E-state index contributed by atoms with van der Waals surface area (Å²) >= 11 is 3.40. The smallest absolute Gasteiger partial charge is 0.263 e. The first kappa shape index (κ1) is 14.5. The number of hydrogen-bond donors (Lipinski definition) is 0. The average Bonchev–Trinajstić information content (AvgIpc) is 2.74.